The van der Waals surface area contributed by atoms with Crippen molar-refractivity contribution >= 4 is 32.8 Å². The van der Waals surface area contributed by atoms with Crippen LogP contribution < -0.4 is 5.32 Å². The summed E-state index contributed by atoms with van der Waals surface area (Å²) >= 11 is 3.54. The Morgan fingerprint density at radius 2 is 2.21 bits per heavy atom. The van der Waals surface area contributed by atoms with Gasteiger partial charge in [-0.2, -0.15) is 0 Å². The molecule has 4 heteroatoms. The van der Waals surface area contributed by atoms with E-state index in [0.717, 1.165) is 29.4 Å². The Morgan fingerprint density at radius 1 is 1.42 bits per heavy atom. The molecule has 1 unspecified atom stereocenters. The SMILES string of the molecule is CCCC(Br)CNC(=O)c1cc2cc(C)ccc2o1. The number of carbonyl (C=O) groups is 1. The van der Waals surface area contributed by atoms with Crippen molar-refractivity contribution < 1.29 is 9.21 Å². The zero-order valence-corrected chi connectivity index (χ0v) is 12.8. The van der Waals surface area contributed by atoms with Crippen LogP contribution in [0.25, 0.3) is 11.0 Å². The van der Waals surface area contributed by atoms with E-state index in [1.54, 1.807) is 6.07 Å². The monoisotopic (exact) mass is 323 g/mol. The van der Waals surface area contributed by atoms with Crippen molar-refractivity contribution in [2.75, 3.05) is 6.54 Å². The fourth-order valence-corrected chi connectivity index (χ4v) is 2.60. The van der Waals surface area contributed by atoms with Crippen LogP contribution in [0, 0.1) is 6.92 Å². The summed E-state index contributed by atoms with van der Waals surface area (Å²) in [7, 11) is 0. The van der Waals surface area contributed by atoms with Crippen molar-refractivity contribution in [2.24, 2.45) is 0 Å². The van der Waals surface area contributed by atoms with Crippen molar-refractivity contribution in [1.29, 1.82) is 0 Å². The number of carbonyl (C=O) groups excluding carboxylic acids is 1. The molecular weight excluding hydrogens is 306 g/mol. The maximum absolute atomic E-state index is 12.0. The summed E-state index contributed by atoms with van der Waals surface area (Å²) in [5.74, 6) is 0.214. The molecule has 0 aliphatic heterocycles. The second-order valence-corrected chi connectivity index (χ2v) is 6.04. The topological polar surface area (TPSA) is 42.2 Å². The highest BCUT2D eigenvalue weighted by Crippen LogP contribution is 2.20. The summed E-state index contributed by atoms with van der Waals surface area (Å²) in [6, 6.07) is 7.68. The maximum atomic E-state index is 12.0. The number of nitrogens with one attached hydrogen (secondary N) is 1. The van der Waals surface area contributed by atoms with Gasteiger partial charge in [0.1, 0.15) is 5.58 Å². The minimum absolute atomic E-state index is 0.158. The molecule has 1 atom stereocenters. The number of fused-ring (bicyclic) bond motifs is 1. The van der Waals surface area contributed by atoms with Crippen LogP contribution in [0.5, 0.6) is 0 Å². The van der Waals surface area contributed by atoms with Gasteiger partial charge in [0, 0.05) is 16.8 Å². The van der Waals surface area contributed by atoms with Crippen LogP contribution in [-0.2, 0) is 0 Å². The van der Waals surface area contributed by atoms with Crippen molar-refractivity contribution in [3.05, 3.63) is 35.6 Å². The molecule has 19 heavy (non-hydrogen) atoms. The molecule has 3 nitrogen and oxygen atoms in total. The van der Waals surface area contributed by atoms with Crippen LogP contribution in [0.3, 0.4) is 0 Å². The van der Waals surface area contributed by atoms with Crippen molar-refractivity contribution in [1.82, 2.24) is 5.32 Å². The summed E-state index contributed by atoms with van der Waals surface area (Å²) in [5, 5.41) is 3.85. The van der Waals surface area contributed by atoms with E-state index in [9.17, 15) is 4.79 Å². The van der Waals surface area contributed by atoms with Crippen molar-refractivity contribution in [3.63, 3.8) is 0 Å². The molecule has 1 N–H and O–H groups in total. The molecule has 102 valence electrons. The van der Waals surface area contributed by atoms with E-state index in [1.165, 1.54) is 0 Å². The summed E-state index contributed by atoms with van der Waals surface area (Å²) in [6.45, 7) is 4.76. The second-order valence-electron chi connectivity index (χ2n) is 4.75. The summed E-state index contributed by atoms with van der Waals surface area (Å²) in [6.07, 6.45) is 2.13. The smallest absolute Gasteiger partial charge is 0.287 e. The Morgan fingerprint density at radius 3 is 2.95 bits per heavy atom. The molecule has 0 fully saturated rings. The number of hydrogen-bond donors (Lipinski definition) is 1. The number of amides is 1. The number of halogens is 1. The first-order chi connectivity index (χ1) is 9.10. The fourth-order valence-electron chi connectivity index (χ4n) is 1.98. The van der Waals surface area contributed by atoms with E-state index in [0.29, 0.717) is 17.1 Å². The number of aryl methyl sites for hydroxylation is 1. The Labute approximate surface area is 121 Å². The minimum atomic E-state index is -0.158. The van der Waals surface area contributed by atoms with Crippen LogP contribution in [-0.4, -0.2) is 17.3 Å². The third-order valence-electron chi connectivity index (χ3n) is 2.98. The van der Waals surface area contributed by atoms with Gasteiger partial charge in [-0.25, -0.2) is 0 Å². The summed E-state index contributed by atoms with van der Waals surface area (Å²) in [4.78, 5) is 12.3. The number of rotatable bonds is 5. The quantitative estimate of drug-likeness (QED) is 0.844. The third kappa shape index (κ3) is 3.60. The average Bonchev–Trinajstić information content (AvgIpc) is 2.79. The molecular formula is C15H18BrNO2. The molecule has 1 aromatic heterocycles. The highest BCUT2D eigenvalue weighted by molar-refractivity contribution is 9.09. The number of benzene rings is 1. The van der Waals surface area contributed by atoms with Crippen molar-refractivity contribution in [2.45, 2.75) is 31.5 Å². The van der Waals surface area contributed by atoms with Crippen LogP contribution in [0.15, 0.2) is 28.7 Å². The average molecular weight is 324 g/mol. The van der Waals surface area contributed by atoms with Gasteiger partial charge in [0.2, 0.25) is 0 Å². The number of alkyl halides is 1. The number of hydrogen-bond acceptors (Lipinski definition) is 2. The highest BCUT2D eigenvalue weighted by Gasteiger charge is 2.13. The van der Waals surface area contributed by atoms with E-state index in [-0.39, 0.29) is 5.91 Å². The molecule has 0 saturated carbocycles. The van der Waals surface area contributed by atoms with Gasteiger partial charge in [-0.15, -0.1) is 0 Å². The summed E-state index contributed by atoms with van der Waals surface area (Å²) in [5.41, 5.74) is 1.91. The van der Waals surface area contributed by atoms with Gasteiger partial charge < -0.3 is 9.73 Å². The molecule has 0 saturated heterocycles. The lowest BCUT2D eigenvalue weighted by atomic mass is 10.2. The molecule has 0 aliphatic rings. The van der Waals surface area contributed by atoms with Crippen molar-refractivity contribution in [3.8, 4) is 0 Å². The Balaban J connectivity index is 2.05. The predicted octanol–water partition coefficient (Wildman–Crippen LogP) is 4.03. The zero-order valence-electron chi connectivity index (χ0n) is 11.2. The lowest BCUT2D eigenvalue weighted by molar-refractivity contribution is 0.0928. The molecule has 0 spiro atoms. The molecule has 0 radical (unpaired) electrons. The molecule has 1 aromatic carbocycles. The molecule has 2 aromatic rings. The fraction of sp³-hybridized carbons (Fsp3) is 0.400. The van der Waals surface area contributed by atoms with Crippen LogP contribution in [0.2, 0.25) is 0 Å². The first-order valence-electron chi connectivity index (χ1n) is 6.52. The largest absolute Gasteiger partial charge is 0.451 e. The summed E-state index contributed by atoms with van der Waals surface area (Å²) < 4.78 is 5.55. The van der Waals surface area contributed by atoms with E-state index < -0.39 is 0 Å². The first-order valence-corrected chi connectivity index (χ1v) is 7.44. The van der Waals surface area contributed by atoms with Crippen LogP contribution in [0.4, 0.5) is 0 Å². The van der Waals surface area contributed by atoms with E-state index in [1.807, 2.05) is 25.1 Å². The maximum Gasteiger partial charge on any atom is 0.287 e. The molecule has 1 heterocycles. The van der Waals surface area contributed by atoms with Gasteiger partial charge in [-0.1, -0.05) is 40.9 Å². The molecule has 1 amide bonds. The number of furan rings is 1. The Bertz CT molecular complexity index is 577. The lowest BCUT2D eigenvalue weighted by Gasteiger charge is -2.08. The second kappa shape index (κ2) is 6.24. The Hall–Kier alpha value is -1.29. The predicted molar refractivity (Wildman–Crippen MR) is 80.9 cm³/mol. The molecule has 2 rings (SSSR count). The van der Waals surface area contributed by atoms with Gasteiger partial charge in [-0.3, -0.25) is 4.79 Å². The Kier molecular flexibility index (Phi) is 4.64. The van der Waals surface area contributed by atoms with Gasteiger partial charge in [0.15, 0.2) is 5.76 Å². The highest BCUT2D eigenvalue weighted by atomic mass is 79.9. The van der Waals surface area contributed by atoms with Crippen LogP contribution in [0.1, 0.15) is 35.9 Å². The molecule has 0 aliphatic carbocycles. The standard InChI is InChI=1S/C15H18BrNO2/c1-3-4-12(16)9-17-15(18)14-8-11-7-10(2)5-6-13(11)19-14/h5-8,12H,3-4,9H2,1-2H3,(H,17,18). The van der Waals surface area contributed by atoms with E-state index >= 15 is 0 Å². The molecule has 0 bridgehead atoms. The normalized spacial score (nSPS) is 12.6. The lowest BCUT2D eigenvalue weighted by Crippen LogP contribution is -2.29. The zero-order chi connectivity index (χ0) is 13.8. The van der Waals surface area contributed by atoms with E-state index in [2.05, 4.69) is 28.2 Å². The first kappa shape index (κ1) is 14.1. The van der Waals surface area contributed by atoms with Crippen LogP contribution >= 0.6 is 15.9 Å². The third-order valence-corrected chi connectivity index (χ3v) is 3.76. The van der Waals surface area contributed by atoms with Gasteiger partial charge in [-0.05, 0) is 31.5 Å². The van der Waals surface area contributed by atoms with Gasteiger partial charge in [0.25, 0.3) is 5.91 Å². The minimum Gasteiger partial charge on any atom is -0.451 e. The van der Waals surface area contributed by atoms with Gasteiger partial charge >= 0.3 is 0 Å². The van der Waals surface area contributed by atoms with E-state index in [4.69, 9.17) is 4.42 Å². The van der Waals surface area contributed by atoms with Gasteiger partial charge in [0.05, 0.1) is 0 Å².